The minimum absolute atomic E-state index is 0.0912. The van der Waals surface area contributed by atoms with E-state index in [2.05, 4.69) is 9.97 Å². The molecule has 0 saturated carbocycles. The summed E-state index contributed by atoms with van der Waals surface area (Å²) in [5.41, 5.74) is 11.1. The average Bonchev–Trinajstić information content (AvgIpc) is 2.59. The predicted molar refractivity (Wildman–Crippen MR) is 87.9 cm³/mol. The molecule has 0 atom stereocenters. The Bertz CT molecular complexity index is 671. The lowest BCUT2D eigenvalue weighted by molar-refractivity contribution is 0.215. The van der Waals surface area contributed by atoms with Gasteiger partial charge in [-0.25, -0.2) is 4.98 Å². The van der Waals surface area contributed by atoms with Gasteiger partial charge >= 0.3 is 0 Å². The molecule has 1 aromatic heterocycles. The van der Waals surface area contributed by atoms with Gasteiger partial charge in [0.05, 0.1) is 27.5 Å². The fourth-order valence-corrected chi connectivity index (χ4v) is 1.96. The molecule has 0 fully saturated rings. The van der Waals surface area contributed by atoms with Gasteiger partial charge in [0.25, 0.3) is 0 Å². The van der Waals surface area contributed by atoms with Crippen LogP contribution in [0.3, 0.4) is 0 Å². The molecule has 2 rings (SSSR count). The molecule has 2 aromatic rings. The van der Waals surface area contributed by atoms with Gasteiger partial charge < -0.3 is 35.2 Å². The van der Waals surface area contributed by atoms with Gasteiger partial charge in [0, 0.05) is 12.1 Å². The Labute approximate surface area is 139 Å². The number of nitrogens with zero attached hydrogens (tertiary/aromatic N) is 2. The quantitative estimate of drug-likeness (QED) is 0.682. The first kappa shape index (κ1) is 17.3. The van der Waals surface area contributed by atoms with Crippen LogP contribution in [0.2, 0.25) is 0 Å². The number of benzene rings is 1. The number of nitrogens with two attached hydrogens (primary N) is 2. The summed E-state index contributed by atoms with van der Waals surface area (Å²) < 4.78 is 26.9. The SMILES string of the molecule is COc1cc(OCCOc2cnc(N)nc2N)cc(OC)c1OC. The van der Waals surface area contributed by atoms with Crippen molar-refractivity contribution in [2.24, 2.45) is 0 Å². The summed E-state index contributed by atoms with van der Waals surface area (Å²) in [6.45, 7) is 0.511. The first-order valence-electron chi connectivity index (χ1n) is 7.02. The van der Waals surface area contributed by atoms with Crippen LogP contribution in [0, 0.1) is 0 Å². The molecular formula is C15H20N4O5. The van der Waals surface area contributed by atoms with E-state index in [1.54, 1.807) is 12.1 Å². The highest BCUT2D eigenvalue weighted by Crippen LogP contribution is 2.40. The van der Waals surface area contributed by atoms with Crippen LogP contribution in [0.1, 0.15) is 0 Å². The van der Waals surface area contributed by atoms with Gasteiger partial charge in [-0.05, 0) is 0 Å². The lowest BCUT2D eigenvalue weighted by Crippen LogP contribution is -2.11. The fourth-order valence-electron chi connectivity index (χ4n) is 1.96. The van der Waals surface area contributed by atoms with E-state index in [9.17, 15) is 0 Å². The first-order valence-corrected chi connectivity index (χ1v) is 7.02. The molecule has 130 valence electrons. The molecule has 4 N–H and O–H groups in total. The monoisotopic (exact) mass is 336 g/mol. The number of hydrogen-bond acceptors (Lipinski definition) is 9. The molecule has 0 bridgehead atoms. The molecule has 0 aliphatic heterocycles. The Kier molecular flexibility index (Phi) is 5.72. The number of rotatable bonds is 8. The maximum atomic E-state index is 5.68. The van der Waals surface area contributed by atoms with Crippen LogP contribution in [-0.2, 0) is 0 Å². The Morgan fingerprint density at radius 2 is 1.50 bits per heavy atom. The standard InChI is InChI=1S/C15H20N4O5/c1-20-10-6-9(7-11(21-2)13(10)22-3)23-4-5-24-12-8-18-15(17)19-14(12)16/h6-8H,4-5H2,1-3H3,(H4,16,17,18,19). The zero-order valence-electron chi connectivity index (χ0n) is 13.7. The lowest BCUT2D eigenvalue weighted by atomic mass is 10.2. The summed E-state index contributed by atoms with van der Waals surface area (Å²) >= 11 is 0. The van der Waals surface area contributed by atoms with E-state index in [0.29, 0.717) is 28.7 Å². The third kappa shape index (κ3) is 4.00. The van der Waals surface area contributed by atoms with Crippen LogP contribution in [-0.4, -0.2) is 44.5 Å². The Hall–Kier alpha value is -3.10. The summed E-state index contributed by atoms with van der Waals surface area (Å²) in [5.74, 6) is 2.67. The van der Waals surface area contributed by atoms with Crippen LogP contribution in [0.15, 0.2) is 18.3 Å². The van der Waals surface area contributed by atoms with Crippen LogP contribution in [0.5, 0.6) is 28.7 Å². The van der Waals surface area contributed by atoms with E-state index in [4.69, 9.17) is 35.2 Å². The Morgan fingerprint density at radius 1 is 0.875 bits per heavy atom. The van der Waals surface area contributed by atoms with Crippen molar-refractivity contribution >= 4 is 11.8 Å². The van der Waals surface area contributed by atoms with Gasteiger partial charge in [-0.15, -0.1) is 0 Å². The molecule has 24 heavy (non-hydrogen) atoms. The Morgan fingerprint density at radius 3 is 2.04 bits per heavy atom. The summed E-state index contributed by atoms with van der Waals surface area (Å²) in [6.07, 6.45) is 1.41. The van der Waals surface area contributed by atoms with E-state index in [-0.39, 0.29) is 25.0 Å². The van der Waals surface area contributed by atoms with Crippen LogP contribution < -0.4 is 35.2 Å². The van der Waals surface area contributed by atoms with Gasteiger partial charge in [0.1, 0.15) is 19.0 Å². The molecule has 0 aliphatic carbocycles. The molecule has 0 spiro atoms. The topological polar surface area (TPSA) is 124 Å². The zero-order valence-corrected chi connectivity index (χ0v) is 13.7. The minimum atomic E-state index is 0.0912. The number of methoxy groups -OCH3 is 3. The summed E-state index contributed by atoms with van der Waals surface area (Å²) in [5, 5.41) is 0. The maximum Gasteiger partial charge on any atom is 0.222 e. The predicted octanol–water partition coefficient (Wildman–Crippen LogP) is 1.12. The first-order chi connectivity index (χ1) is 11.6. The second-order valence-electron chi connectivity index (χ2n) is 4.54. The van der Waals surface area contributed by atoms with Crippen molar-refractivity contribution < 1.29 is 23.7 Å². The molecule has 0 radical (unpaired) electrons. The third-order valence-electron chi connectivity index (χ3n) is 3.05. The van der Waals surface area contributed by atoms with Gasteiger partial charge in [0.2, 0.25) is 11.7 Å². The van der Waals surface area contributed by atoms with Crippen molar-refractivity contribution in [1.29, 1.82) is 0 Å². The zero-order chi connectivity index (χ0) is 17.5. The van der Waals surface area contributed by atoms with Crippen molar-refractivity contribution in [2.75, 3.05) is 46.0 Å². The smallest absolute Gasteiger partial charge is 0.222 e. The number of ether oxygens (including phenoxy) is 5. The number of aromatic nitrogens is 2. The van der Waals surface area contributed by atoms with E-state index < -0.39 is 0 Å². The second kappa shape index (κ2) is 7.95. The molecule has 0 amide bonds. The number of anilines is 2. The van der Waals surface area contributed by atoms with Gasteiger partial charge in [-0.3, -0.25) is 0 Å². The van der Waals surface area contributed by atoms with Gasteiger partial charge in [-0.2, -0.15) is 4.98 Å². The summed E-state index contributed by atoms with van der Waals surface area (Å²) in [4.78, 5) is 7.62. The van der Waals surface area contributed by atoms with Gasteiger partial charge in [-0.1, -0.05) is 0 Å². The van der Waals surface area contributed by atoms with Crippen molar-refractivity contribution in [3.63, 3.8) is 0 Å². The molecule has 9 nitrogen and oxygen atoms in total. The average molecular weight is 336 g/mol. The van der Waals surface area contributed by atoms with E-state index >= 15 is 0 Å². The van der Waals surface area contributed by atoms with Crippen LogP contribution in [0.4, 0.5) is 11.8 Å². The molecule has 9 heteroatoms. The van der Waals surface area contributed by atoms with Crippen molar-refractivity contribution in [1.82, 2.24) is 9.97 Å². The molecule has 0 unspecified atom stereocenters. The van der Waals surface area contributed by atoms with E-state index in [1.807, 2.05) is 0 Å². The maximum absolute atomic E-state index is 5.68. The number of nitrogen functional groups attached to an aromatic ring is 2. The largest absolute Gasteiger partial charge is 0.493 e. The van der Waals surface area contributed by atoms with Crippen molar-refractivity contribution in [3.8, 4) is 28.7 Å². The van der Waals surface area contributed by atoms with Crippen LogP contribution in [0.25, 0.3) is 0 Å². The molecule has 0 saturated heterocycles. The van der Waals surface area contributed by atoms with E-state index in [1.165, 1.54) is 27.5 Å². The number of hydrogen-bond donors (Lipinski definition) is 2. The lowest BCUT2D eigenvalue weighted by Gasteiger charge is -2.15. The summed E-state index contributed by atoms with van der Waals surface area (Å²) in [6, 6.07) is 3.39. The molecule has 1 heterocycles. The highest BCUT2D eigenvalue weighted by Gasteiger charge is 2.14. The highest BCUT2D eigenvalue weighted by atomic mass is 16.5. The van der Waals surface area contributed by atoms with Gasteiger partial charge in [0.15, 0.2) is 23.1 Å². The molecule has 0 aliphatic rings. The Balaban J connectivity index is 1.96. The van der Waals surface area contributed by atoms with Crippen LogP contribution >= 0.6 is 0 Å². The molecule has 1 aromatic carbocycles. The molecular weight excluding hydrogens is 316 g/mol. The third-order valence-corrected chi connectivity index (χ3v) is 3.05. The van der Waals surface area contributed by atoms with E-state index in [0.717, 1.165) is 0 Å². The highest BCUT2D eigenvalue weighted by molar-refractivity contribution is 5.55. The summed E-state index contributed by atoms with van der Waals surface area (Å²) in [7, 11) is 4.61. The fraction of sp³-hybridized carbons (Fsp3) is 0.333. The second-order valence-corrected chi connectivity index (χ2v) is 4.54. The van der Waals surface area contributed by atoms with Crippen molar-refractivity contribution in [2.45, 2.75) is 0 Å². The minimum Gasteiger partial charge on any atom is -0.493 e. The normalized spacial score (nSPS) is 10.1. The van der Waals surface area contributed by atoms with Crippen molar-refractivity contribution in [3.05, 3.63) is 18.3 Å².